The molecule has 0 unspecified atom stereocenters. The second kappa shape index (κ2) is 6.67. The molecule has 31 heavy (non-hydrogen) atoms. The van der Waals surface area contributed by atoms with Crippen molar-refractivity contribution in [2.24, 2.45) is 34.7 Å². The zero-order valence-corrected chi connectivity index (χ0v) is 16.5. The van der Waals surface area contributed by atoms with Gasteiger partial charge in [-0.15, -0.1) is 0 Å². The van der Waals surface area contributed by atoms with Crippen molar-refractivity contribution in [1.82, 2.24) is 0 Å². The summed E-state index contributed by atoms with van der Waals surface area (Å²) in [5.41, 5.74) is 2.39. The number of oxime groups is 1. The Morgan fingerprint density at radius 2 is 1.71 bits per heavy atom. The number of ether oxygens (including phenoxy) is 1. The van der Waals surface area contributed by atoms with Crippen LogP contribution in [-0.2, 0) is 14.4 Å². The second-order valence-corrected chi connectivity index (χ2v) is 8.51. The summed E-state index contributed by atoms with van der Waals surface area (Å²) in [5.74, 6) is -0.180. The van der Waals surface area contributed by atoms with Gasteiger partial charge in [0.25, 0.3) is 0 Å². The Kier molecular flexibility index (Phi) is 3.90. The van der Waals surface area contributed by atoms with Crippen LogP contribution in [0.2, 0.25) is 0 Å². The number of para-hydroxylation sites is 1. The van der Waals surface area contributed by atoms with Gasteiger partial charge in [-0.1, -0.05) is 23.4 Å². The fraction of sp³-hybridized carbons (Fsp3) is 0.333. The van der Waals surface area contributed by atoms with Gasteiger partial charge in [0.15, 0.2) is 6.61 Å². The molecule has 7 heteroatoms. The van der Waals surface area contributed by atoms with Crippen molar-refractivity contribution in [2.75, 3.05) is 11.5 Å². The molecule has 6 atom stereocenters. The first-order valence-corrected chi connectivity index (χ1v) is 10.5. The Balaban J connectivity index is 1.29. The lowest BCUT2D eigenvalue weighted by atomic mass is 9.71. The maximum absolute atomic E-state index is 13.3. The second-order valence-electron chi connectivity index (χ2n) is 8.51. The van der Waals surface area contributed by atoms with Crippen LogP contribution in [0.3, 0.4) is 0 Å². The van der Waals surface area contributed by atoms with Crippen molar-refractivity contribution < 1.29 is 19.2 Å². The summed E-state index contributed by atoms with van der Waals surface area (Å²) in [6.07, 6.45) is 0.649. The SMILES string of the molecule is N#CCOc1ccc(C2=NO[C@H]3[C@H]4C[C@@H]([C@@H]23)[C@H]2C(=O)N(c3ccccc3)C(=O)[C@@H]42)cc1. The molecule has 2 saturated carbocycles. The van der Waals surface area contributed by atoms with Gasteiger partial charge in [-0.3, -0.25) is 14.5 Å². The van der Waals surface area contributed by atoms with Gasteiger partial charge in [-0.05, 0) is 48.7 Å². The van der Waals surface area contributed by atoms with Gasteiger partial charge in [0.2, 0.25) is 11.8 Å². The fourth-order valence-electron chi connectivity index (χ4n) is 6.03. The molecule has 0 spiro atoms. The van der Waals surface area contributed by atoms with Gasteiger partial charge in [-0.2, -0.15) is 5.26 Å². The molecule has 6 rings (SSSR count). The molecule has 2 amide bonds. The smallest absolute Gasteiger partial charge is 0.238 e. The van der Waals surface area contributed by atoms with Crippen LogP contribution in [0.1, 0.15) is 12.0 Å². The minimum Gasteiger partial charge on any atom is -0.479 e. The first-order chi connectivity index (χ1) is 15.2. The molecule has 0 radical (unpaired) electrons. The van der Waals surface area contributed by atoms with Crippen LogP contribution >= 0.6 is 0 Å². The van der Waals surface area contributed by atoms with E-state index in [1.165, 1.54) is 4.90 Å². The maximum atomic E-state index is 13.3. The highest BCUT2D eigenvalue weighted by Crippen LogP contribution is 2.62. The minimum absolute atomic E-state index is 0.00426. The molecule has 2 aromatic carbocycles. The largest absolute Gasteiger partial charge is 0.479 e. The lowest BCUT2D eigenvalue weighted by Gasteiger charge is -2.29. The molecule has 2 heterocycles. The molecule has 0 aromatic heterocycles. The van der Waals surface area contributed by atoms with E-state index in [1.54, 1.807) is 24.3 Å². The number of hydrogen-bond acceptors (Lipinski definition) is 6. The molecule has 2 aromatic rings. The van der Waals surface area contributed by atoms with Crippen molar-refractivity contribution in [3.05, 3.63) is 60.2 Å². The fourth-order valence-corrected chi connectivity index (χ4v) is 6.03. The number of nitrogens with zero attached hydrogens (tertiary/aromatic N) is 3. The Labute approximate surface area is 178 Å². The van der Waals surface area contributed by atoms with Crippen LogP contribution in [0.15, 0.2) is 59.8 Å². The predicted octanol–water partition coefficient (Wildman–Crippen LogP) is 2.76. The third kappa shape index (κ3) is 2.48. The number of fused-ring (bicyclic) bond motifs is 8. The van der Waals surface area contributed by atoms with E-state index in [4.69, 9.17) is 14.8 Å². The van der Waals surface area contributed by atoms with Crippen molar-refractivity contribution >= 4 is 23.2 Å². The highest BCUT2D eigenvalue weighted by Gasteiger charge is 2.70. The number of carbonyl (C=O) groups is 2. The monoisotopic (exact) mass is 413 g/mol. The molecule has 1 saturated heterocycles. The first-order valence-electron chi connectivity index (χ1n) is 10.5. The van der Waals surface area contributed by atoms with Gasteiger partial charge in [0, 0.05) is 17.4 Å². The molecule has 2 aliphatic heterocycles. The number of imide groups is 1. The molecule has 7 nitrogen and oxygen atoms in total. The standard InChI is InChI=1S/C24H19N3O4/c25-10-11-30-15-8-6-13(7-9-15)21-20-16-12-17(22(20)31-26-21)19-18(16)23(28)27(24(19)29)14-4-2-1-3-5-14/h1-9,16-20,22H,11-12H2/t16-,17+,18-,19+,20+,22+/m1/s1. The van der Waals surface area contributed by atoms with Crippen LogP contribution in [0.25, 0.3) is 0 Å². The number of hydrogen-bond donors (Lipinski definition) is 0. The molecular weight excluding hydrogens is 394 g/mol. The van der Waals surface area contributed by atoms with E-state index in [-0.39, 0.29) is 54.1 Å². The number of anilines is 1. The summed E-state index contributed by atoms with van der Waals surface area (Å²) in [6, 6.07) is 18.5. The first kappa shape index (κ1) is 18.1. The van der Waals surface area contributed by atoms with Crippen LogP contribution in [-0.4, -0.2) is 30.2 Å². The van der Waals surface area contributed by atoms with Crippen LogP contribution in [0, 0.1) is 40.9 Å². The summed E-state index contributed by atoms with van der Waals surface area (Å²) in [7, 11) is 0. The van der Waals surface area contributed by atoms with Crippen LogP contribution < -0.4 is 9.64 Å². The summed E-state index contributed by atoms with van der Waals surface area (Å²) < 4.78 is 5.33. The normalized spacial score (nSPS) is 32.4. The van der Waals surface area contributed by atoms with Crippen molar-refractivity contribution in [3.63, 3.8) is 0 Å². The quantitative estimate of drug-likeness (QED) is 0.719. The topological polar surface area (TPSA) is 92.0 Å². The minimum atomic E-state index is -0.324. The Hall–Kier alpha value is -3.66. The number of rotatable bonds is 4. The van der Waals surface area contributed by atoms with Gasteiger partial charge in [-0.25, -0.2) is 0 Å². The Morgan fingerprint density at radius 1 is 1.00 bits per heavy atom. The van der Waals surface area contributed by atoms with Gasteiger partial charge in [0.05, 0.1) is 23.2 Å². The van der Waals surface area contributed by atoms with Crippen molar-refractivity contribution in [2.45, 2.75) is 12.5 Å². The number of carbonyl (C=O) groups excluding carboxylic acids is 2. The summed E-state index contributed by atoms with van der Waals surface area (Å²) in [5, 5.41) is 13.0. The van der Waals surface area contributed by atoms with Gasteiger partial charge in [0.1, 0.15) is 17.9 Å². The number of benzene rings is 2. The highest BCUT2D eigenvalue weighted by molar-refractivity contribution is 6.23. The third-order valence-electron chi connectivity index (χ3n) is 7.16. The van der Waals surface area contributed by atoms with E-state index in [0.29, 0.717) is 11.4 Å². The summed E-state index contributed by atoms with van der Waals surface area (Å²) in [4.78, 5) is 33.8. The van der Waals surface area contributed by atoms with E-state index in [0.717, 1.165) is 17.7 Å². The van der Waals surface area contributed by atoms with Crippen molar-refractivity contribution in [1.29, 1.82) is 5.26 Å². The highest BCUT2D eigenvalue weighted by atomic mass is 16.6. The number of nitriles is 1. The van der Waals surface area contributed by atoms with E-state index >= 15 is 0 Å². The zero-order chi connectivity index (χ0) is 21.1. The molecule has 3 fully saturated rings. The Morgan fingerprint density at radius 3 is 2.42 bits per heavy atom. The summed E-state index contributed by atoms with van der Waals surface area (Å²) in [6.45, 7) is -0.00498. The predicted molar refractivity (Wildman–Crippen MR) is 110 cm³/mol. The van der Waals surface area contributed by atoms with Crippen LogP contribution in [0.4, 0.5) is 5.69 Å². The molecule has 4 aliphatic rings. The summed E-state index contributed by atoms with van der Waals surface area (Å²) >= 11 is 0. The molecule has 154 valence electrons. The van der Waals surface area contributed by atoms with E-state index in [1.807, 2.05) is 36.4 Å². The zero-order valence-electron chi connectivity index (χ0n) is 16.5. The maximum Gasteiger partial charge on any atom is 0.238 e. The average molecular weight is 413 g/mol. The average Bonchev–Trinajstić information content (AvgIpc) is 3.53. The molecule has 0 N–H and O–H groups in total. The van der Waals surface area contributed by atoms with Gasteiger partial charge >= 0.3 is 0 Å². The molecule has 2 aliphatic carbocycles. The lowest BCUT2D eigenvalue weighted by molar-refractivity contribution is -0.125. The van der Waals surface area contributed by atoms with E-state index < -0.39 is 0 Å². The van der Waals surface area contributed by atoms with Crippen LogP contribution in [0.5, 0.6) is 5.75 Å². The van der Waals surface area contributed by atoms with Gasteiger partial charge < -0.3 is 9.57 Å². The lowest BCUT2D eigenvalue weighted by Crippen LogP contribution is -2.41. The van der Waals surface area contributed by atoms with E-state index in [9.17, 15) is 9.59 Å². The van der Waals surface area contributed by atoms with E-state index in [2.05, 4.69) is 5.16 Å². The number of amides is 2. The van der Waals surface area contributed by atoms with Crippen molar-refractivity contribution in [3.8, 4) is 11.8 Å². The molecular formula is C24H19N3O4. The molecule has 2 bridgehead atoms. The Bertz CT molecular complexity index is 1140. The third-order valence-corrected chi connectivity index (χ3v) is 7.16.